The van der Waals surface area contributed by atoms with Crippen LogP contribution in [-0.4, -0.2) is 43.2 Å². The third kappa shape index (κ3) is 4.50. The Bertz CT molecular complexity index is 400. The largest absolute Gasteiger partial charge is 0.492 e. The Morgan fingerprint density at radius 3 is 2.80 bits per heavy atom. The van der Waals surface area contributed by atoms with Gasteiger partial charge in [-0.25, -0.2) is 0 Å². The van der Waals surface area contributed by atoms with Gasteiger partial charge in [0, 0.05) is 25.2 Å². The van der Waals surface area contributed by atoms with Crippen molar-refractivity contribution in [1.82, 2.24) is 10.2 Å². The predicted octanol–water partition coefficient (Wildman–Crippen LogP) is 2.84. The molecule has 1 unspecified atom stereocenters. The van der Waals surface area contributed by atoms with Crippen molar-refractivity contribution in [2.75, 3.05) is 26.2 Å². The first-order chi connectivity index (χ1) is 9.66. The van der Waals surface area contributed by atoms with Gasteiger partial charge >= 0.3 is 0 Å². The smallest absolute Gasteiger partial charge is 0.122 e. The summed E-state index contributed by atoms with van der Waals surface area (Å²) in [4.78, 5) is 2.52. The first-order valence-corrected chi connectivity index (χ1v) is 7.82. The number of benzene rings is 1. The molecule has 1 aliphatic heterocycles. The molecule has 1 saturated heterocycles. The molecule has 0 aliphatic carbocycles. The molecule has 0 amide bonds. The molecule has 1 aliphatic rings. The van der Waals surface area contributed by atoms with Crippen LogP contribution in [0.5, 0.6) is 5.75 Å². The summed E-state index contributed by atoms with van der Waals surface area (Å²) in [6.07, 6.45) is 2.62. The second kappa shape index (κ2) is 7.65. The zero-order chi connectivity index (χ0) is 14.4. The predicted molar refractivity (Wildman–Crippen MR) is 84.4 cm³/mol. The van der Waals surface area contributed by atoms with Crippen LogP contribution >= 0.6 is 0 Å². The quantitative estimate of drug-likeness (QED) is 0.829. The molecule has 0 spiro atoms. The highest BCUT2D eigenvalue weighted by atomic mass is 16.5. The fourth-order valence-corrected chi connectivity index (χ4v) is 2.75. The van der Waals surface area contributed by atoms with Crippen LogP contribution in [0.1, 0.15) is 32.3 Å². The van der Waals surface area contributed by atoms with E-state index in [1.54, 1.807) is 0 Å². The highest BCUT2D eigenvalue weighted by molar-refractivity contribution is 5.31. The fourth-order valence-electron chi connectivity index (χ4n) is 2.75. The van der Waals surface area contributed by atoms with Crippen molar-refractivity contribution in [3.8, 4) is 5.75 Å². The standard InChI is InChI=1S/C17H28N2O/c1-14(2)19(13-16-8-6-10-18-16)11-12-20-17-9-5-4-7-15(17)3/h4-5,7,9,14,16,18H,6,8,10-13H2,1-3H3. The molecule has 1 N–H and O–H groups in total. The minimum atomic E-state index is 0.567. The van der Waals surface area contributed by atoms with Crippen molar-refractivity contribution in [2.24, 2.45) is 0 Å². The summed E-state index contributed by atoms with van der Waals surface area (Å²) >= 11 is 0. The van der Waals surface area contributed by atoms with Crippen LogP contribution in [0.15, 0.2) is 24.3 Å². The summed E-state index contributed by atoms with van der Waals surface area (Å²) < 4.78 is 5.92. The Kier molecular flexibility index (Phi) is 5.86. The molecule has 3 heteroatoms. The van der Waals surface area contributed by atoms with E-state index in [0.717, 1.165) is 25.4 Å². The van der Waals surface area contributed by atoms with Crippen molar-refractivity contribution >= 4 is 0 Å². The molecular weight excluding hydrogens is 248 g/mol. The monoisotopic (exact) mass is 276 g/mol. The number of aryl methyl sites for hydroxylation is 1. The second-order valence-electron chi connectivity index (χ2n) is 6.00. The number of rotatable bonds is 7. The number of hydrogen-bond donors (Lipinski definition) is 1. The van der Waals surface area contributed by atoms with Gasteiger partial charge in [0.25, 0.3) is 0 Å². The van der Waals surface area contributed by atoms with Crippen molar-refractivity contribution in [2.45, 2.75) is 45.7 Å². The van der Waals surface area contributed by atoms with E-state index in [-0.39, 0.29) is 0 Å². The van der Waals surface area contributed by atoms with E-state index < -0.39 is 0 Å². The van der Waals surface area contributed by atoms with Gasteiger partial charge in [0.2, 0.25) is 0 Å². The van der Waals surface area contributed by atoms with Gasteiger partial charge in [-0.15, -0.1) is 0 Å². The molecule has 1 aromatic carbocycles. The molecule has 0 aromatic heterocycles. The molecule has 1 fully saturated rings. The maximum atomic E-state index is 5.92. The second-order valence-corrected chi connectivity index (χ2v) is 6.00. The van der Waals surface area contributed by atoms with Gasteiger partial charge in [0.1, 0.15) is 12.4 Å². The minimum Gasteiger partial charge on any atom is -0.492 e. The maximum Gasteiger partial charge on any atom is 0.122 e. The van der Waals surface area contributed by atoms with Crippen molar-refractivity contribution in [3.63, 3.8) is 0 Å². The van der Waals surface area contributed by atoms with Gasteiger partial charge in [0.05, 0.1) is 0 Å². The van der Waals surface area contributed by atoms with Crippen molar-refractivity contribution in [1.29, 1.82) is 0 Å². The topological polar surface area (TPSA) is 24.5 Å². The zero-order valence-corrected chi connectivity index (χ0v) is 13.1. The van der Waals surface area contributed by atoms with Crippen molar-refractivity contribution in [3.05, 3.63) is 29.8 Å². The lowest BCUT2D eigenvalue weighted by Gasteiger charge is -2.29. The normalized spacial score (nSPS) is 18.9. The number of nitrogens with zero attached hydrogens (tertiary/aromatic N) is 1. The van der Waals surface area contributed by atoms with Crippen LogP contribution in [0.25, 0.3) is 0 Å². The van der Waals surface area contributed by atoms with Crippen LogP contribution in [-0.2, 0) is 0 Å². The third-order valence-corrected chi connectivity index (χ3v) is 4.08. The Labute approximate surface area is 123 Å². The van der Waals surface area contributed by atoms with Crippen molar-refractivity contribution < 1.29 is 4.74 Å². The average Bonchev–Trinajstić information content (AvgIpc) is 2.92. The minimum absolute atomic E-state index is 0.567. The number of nitrogens with one attached hydrogen (secondary N) is 1. The lowest BCUT2D eigenvalue weighted by atomic mass is 10.2. The maximum absolute atomic E-state index is 5.92. The van der Waals surface area contributed by atoms with Crippen LogP contribution < -0.4 is 10.1 Å². The molecule has 0 saturated carbocycles. The molecule has 3 nitrogen and oxygen atoms in total. The molecule has 1 aromatic rings. The lowest BCUT2D eigenvalue weighted by molar-refractivity contribution is 0.163. The van der Waals surface area contributed by atoms with Crippen LogP contribution in [0.2, 0.25) is 0 Å². The first kappa shape index (κ1) is 15.3. The van der Waals surface area contributed by atoms with Gasteiger partial charge in [-0.05, 0) is 51.8 Å². The van der Waals surface area contributed by atoms with Gasteiger partial charge < -0.3 is 10.1 Å². The Balaban J connectivity index is 1.78. The van der Waals surface area contributed by atoms with E-state index in [2.05, 4.69) is 37.1 Å². The Hall–Kier alpha value is -1.06. The van der Waals surface area contributed by atoms with E-state index >= 15 is 0 Å². The average molecular weight is 276 g/mol. The molecule has 2 rings (SSSR count). The summed E-state index contributed by atoms with van der Waals surface area (Å²) in [5.41, 5.74) is 1.21. The van der Waals surface area contributed by atoms with E-state index in [1.165, 1.54) is 24.9 Å². The summed E-state index contributed by atoms with van der Waals surface area (Å²) in [6, 6.07) is 9.46. The number of hydrogen-bond acceptors (Lipinski definition) is 3. The van der Waals surface area contributed by atoms with Gasteiger partial charge in [-0.2, -0.15) is 0 Å². The Morgan fingerprint density at radius 1 is 1.35 bits per heavy atom. The molecule has 1 atom stereocenters. The number of ether oxygens (including phenoxy) is 1. The molecular formula is C17H28N2O. The van der Waals surface area contributed by atoms with Crippen LogP contribution in [0.3, 0.4) is 0 Å². The van der Waals surface area contributed by atoms with Crippen LogP contribution in [0, 0.1) is 6.92 Å². The summed E-state index contributed by atoms with van der Waals surface area (Å²) in [7, 11) is 0. The molecule has 20 heavy (non-hydrogen) atoms. The molecule has 0 bridgehead atoms. The van der Waals surface area contributed by atoms with E-state index in [9.17, 15) is 0 Å². The number of para-hydroxylation sites is 1. The molecule has 1 heterocycles. The summed E-state index contributed by atoms with van der Waals surface area (Å²) in [5.74, 6) is 1.01. The zero-order valence-electron chi connectivity index (χ0n) is 13.1. The van der Waals surface area contributed by atoms with E-state index in [4.69, 9.17) is 4.74 Å². The van der Waals surface area contributed by atoms with E-state index in [0.29, 0.717) is 12.1 Å². The third-order valence-electron chi connectivity index (χ3n) is 4.08. The lowest BCUT2D eigenvalue weighted by Crippen LogP contribution is -2.43. The fraction of sp³-hybridized carbons (Fsp3) is 0.647. The highest BCUT2D eigenvalue weighted by Gasteiger charge is 2.19. The molecule has 112 valence electrons. The van der Waals surface area contributed by atoms with Crippen LogP contribution in [0.4, 0.5) is 0 Å². The summed E-state index contributed by atoms with van der Waals surface area (Å²) in [6.45, 7) is 10.7. The van der Waals surface area contributed by atoms with Gasteiger partial charge in [-0.1, -0.05) is 18.2 Å². The SMILES string of the molecule is Cc1ccccc1OCCN(CC1CCCN1)C(C)C. The van der Waals surface area contributed by atoms with Gasteiger partial charge in [-0.3, -0.25) is 4.90 Å². The Morgan fingerprint density at radius 2 is 2.15 bits per heavy atom. The summed E-state index contributed by atoms with van der Waals surface area (Å²) in [5, 5.41) is 3.58. The van der Waals surface area contributed by atoms with E-state index in [1.807, 2.05) is 18.2 Å². The first-order valence-electron chi connectivity index (χ1n) is 7.82. The highest BCUT2D eigenvalue weighted by Crippen LogP contribution is 2.16. The van der Waals surface area contributed by atoms with Gasteiger partial charge in [0.15, 0.2) is 0 Å². The molecule has 0 radical (unpaired) electrons.